The van der Waals surface area contributed by atoms with E-state index in [1.54, 1.807) is 0 Å². The van der Waals surface area contributed by atoms with E-state index in [2.05, 4.69) is 20.8 Å². The number of ether oxygens (including phenoxy) is 1. The van der Waals surface area contributed by atoms with Crippen LogP contribution in [0.1, 0.15) is 56.5 Å². The molecule has 1 aliphatic rings. The zero-order valence-corrected chi connectivity index (χ0v) is 16.1. The van der Waals surface area contributed by atoms with E-state index < -0.39 is 0 Å². The van der Waals surface area contributed by atoms with Crippen LogP contribution in [0.2, 0.25) is 0 Å². The molecule has 2 unspecified atom stereocenters. The van der Waals surface area contributed by atoms with E-state index in [4.69, 9.17) is 10.5 Å². The van der Waals surface area contributed by atoms with Crippen molar-refractivity contribution in [2.24, 2.45) is 11.1 Å². The van der Waals surface area contributed by atoms with Crippen molar-refractivity contribution >= 4 is 18.3 Å². The Bertz CT molecular complexity index is 531. The van der Waals surface area contributed by atoms with E-state index in [-0.39, 0.29) is 35.9 Å². The number of hydrogen-bond acceptors (Lipinski definition) is 3. The maximum atomic E-state index is 13.0. The number of halogens is 1. The van der Waals surface area contributed by atoms with Gasteiger partial charge in [-0.3, -0.25) is 4.79 Å². The van der Waals surface area contributed by atoms with E-state index in [0.29, 0.717) is 6.54 Å². The minimum absolute atomic E-state index is 0. The Balaban J connectivity index is 0.00000288. The van der Waals surface area contributed by atoms with Crippen LogP contribution >= 0.6 is 12.4 Å². The third-order valence-corrected chi connectivity index (χ3v) is 5.03. The van der Waals surface area contributed by atoms with Gasteiger partial charge in [0, 0.05) is 36.7 Å². The second kappa shape index (κ2) is 8.84. The van der Waals surface area contributed by atoms with Crippen LogP contribution in [0.3, 0.4) is 0 Å². The van der Waals surface area contributed by atoms with Crippen LogP contribution in [0.25, 0.3) is 0 Å². The van der Waals surface area contributed by atoms with Crippen molar-refractivity contribution in [3.63, 3.8) is 0 Å². The quantitative estimate of drug-likeness (QED) is 0.813. The zero-order valence-electron chi connectivity index (χ0n) is 15.2. The van der Waals surface area contributed by atoms with Crippen LogP contribution in [0.4, 0.5) is 0 Å². The summed E-state index contributed by atoms with van der Waals surface area (Å²) in [5, 5.41) is 0. The fourth-order valence-electron chi connectivity index (χ4n) is 3.47. The molecule has 0 aliphatic heterocycles. The van der Waals surface area contributed by atoms with Crippen LogP contribution in [-0.2, 0) is 11.3 Å². The summed E-state index contributed by atoms with van der Waals surface area (Å²) in [6.45, 7) is 10.6. The van der Waals surface area contributed by atoms with Crippen molar-refractivity contribution in [2.75, 3.05) is 13.2 Å². The highest BCUT2D eigenvalue weighted by Gasteiger charge is 2.52. The second-order valence-corrected chi connectivity index (χ2v) is 6.92. The largest absolute Gasteiger partial charge is 0.378 e. The fourth-order valence-corrected chi connectivity index (χ4v) is 3.47. The lowest BCUT2D eigenvalue weighted by Crippen LogP contribution is -2.63. The molecule has 1 amide bonds. The highest BCUT2D eigenvalue weighted by Crippen LogP contribution is 2.46. The van der Waals surface area contributed by atoms with Crippen LogP contribution in [0, 0.1) is 5.41 Å². The molecule has 0 spiro atoms. The Labute approximate surface area is 152 Å². The van der Waals surface area contributed by atoms with Crippen molar-refractivity contribution in [2.45, 2.75) is 59.2 Å². The van der Waals surface area contributed by atoms with E-state index >= 15 is 0 Å². The topological polar surface area (TPSA) is 55.6 Å². The van der Waals surface area contributed by atoms with Gasteiger partial charge in [0.1, 0.15) is 0 Å². The third-order valence-electron chi connectivity index (χ3n) is 5.03. The van der Waals surface area contributed by atoms with Crippen LogP contribution in [0.15, 0.2) is 24.3 Å². The highest BCUT2D eigenvalue weighted by molar-refractivity contribution is 5.94. The van der Waals surface area contributed by atoms with Crippen molar-refractivity contribution in [3.05, 3.63) is 35.4 Å². The predicted molar refractivity (Wildman–Crippen MR) is 101 cm³/mol. The summed E-state index contributed by atoms with van der Waals surface area (Å²) in [7, 11) is 0. The monoisotopic (exact) mass is 354 g/mol. The van der Waals surface area contributed by atoms with Gasteiger partial charge in [-0.2, -0.15) is 0 Å². The molecule has 5 heteroatoms. The molecule has 0 heterocycles. The van der Waals surface area contributed by atoms with Gasteiger partial charge in [0.2, 0.25) is 0 Å². The van der Waals surface area contributed by atoms with E-state index in [0.717, 1.165) is 37.1 Å². The average Bonchev–Trinajstić information content (AvgIpc) is 2.56. The lowest BCUT2D eigenvalue weighted by atomic mass is 9.63. The molecule has 0 aromatic heterocycles. The first-order valence-electron chi connectivity index (χ1n) is 8.67. The number of hydrogen-bond donors (Lipinski definition) is 1. The molecule has 136 valence electrons. The molecule has 24 heavy (non-hydrogen) atoms. The molecule has 2 N–H and O–H groups in total. The maximum absolute atomic E-state index is 13.0. The minimum atomic E-state index is -0.00195. The van der Waals surface area contributed by atoms with Gasteiger partial charge in [-0.1, -0.05) is 32.9 Å². The van der Waals surface area contributed by atoms with Gasteiger partial charge in [-0.15, -0.1) is 12.4 Å². The number of nitrogens with two attached hydrogens (primary N) is 1. The van der Waals surface area contributed by atoms with Crippen LogP contribution < -0.4 is 5.73 Å². The number of nitrogens with zero attached hydrogens (tertiary/aromatic N) is 1. The maximum Gasteiger partial charge on any atom is 0.254 e. The van der Waals surface area contributed by atoms with Crippen molar-refractivity contribution in [3.8, 4) is 0 Å². The number of rotatable bonds is 7. The Morgan fingerprint density at radius 2 is 1.92 bits per heavy atom. The highest BCUT2D eigenvalue weighted by atomic mass is 35.5. The Kier molecular flexibility index (Phi) is 7.71. The van der Waals surface area contributed by atoms with Crippen LogP contribution in [-0.4, -0.2) is 36.1 Å². The first-order valence-corrected chi connectivity index (χ1v) is 8.67. The zero-order chi connectivity index (χ0) is 17.0. The molecule has 1 aromatic rings. The van der Waals surface area contributed by atoms with E-state index in [1.165, 1.54) is 0 Å². The van der Waals surface area contributed by atoms with Crippen molar-refractivity contribution in [1.82, 2.24) is 4.90 Å². The minimum Gasteiger partial charge on any atom is -0.378 e. The SMILES string of the molecule is CCCN(C(=O)c1ccc(CN)cc1)C1CC(OCC)C1(C)C.Cl. The summed E-state index contributed by atoms with van der Waals surface area (Å²) in [4.78, 5) is 15.0. The standard InChI is InChI=1S/C19H30N2O2.ClH/c1-5-11-21(16-12-17(23-6-2)19(16,3)4)18(22)15-9-7-14(13-20)8-10-15;/h7-10,16-17H,5-6,11-13,20H2,1-4H3;1H. The third kappa shape index (κ3) is 4.11. The molecule has 2 atom stereocenters. The summed E-state index contributed by atoms with van der Waals surface area (Å²) >= 11 is 0. The molecule has 0 bridgehead atoms. The molecule has 4 nitrogen and oxygen atoms in total. The molecule has 1 aromatic carbocycles. The molecular weight excluding hydrogens is 324 g/mol. The smallest absolute Gasteiger partial charge is 0.254 e. The Morgan fingerprint density at radius 3 is 2.38 bits per heavy atom. The predicted octanol–water partition coefficient (Wildman–Crippen LogP) is 3.62. The number of benzene rings is 1. The van der Waals surface area contributed by atoms with Gasteiger partial charge < -0.3 is 15.4 Å². The molecule has 0 radical (unpaired) electrons. The number of carbonyl (C=O) groups is 1. The lowest BCUT2D eigenvalue weighted by molar-refractivity contribution is -0.140. The molecule has 1 aliphatic carbocycles. The van der Waals surface area contributed by atoms with Gasteiger partial charge >= 0.3 is 0 Å². The first kappa shape index (κ1) is 20.9. The second-order valence-electron chi connectivity index (χ2n) is 6.92. The van der Waals surface area contributed by atoms with Crippen molar-refractivity contribution in [1.29, 1.82) is 0 Å². The molecule has 0 saturated heterocycles. The molecule has 2 rings (SSSR count). The normalized spacial score (nSPS) is 21.5. The lowest BCUT2D eigenvalue weighted by Gasteiger charge is -2.55. The van der Waals surface area contributed by atoms with Gasteiger partial charge in [-0.05, 0) is 37.5 Å². The summed E-state index contributed by atoms with van der Waals surface area (Å²) in [5.41, 5.74) is 7.42. The van der Waals surface area contributed by atoms with E-state index in [1.807, 2.05) is 36.1 Å². The fraction of sp³-hybridized carbons (Fsp3) is 0.632. The van der Waals surface area contributed by atoms with E-state index in [9.17, 15) is 4.79 Å². The first-order chi connectivity index (χ1) is 11.0. The summed E-state index contributed by atoms with van der Waals surface area (Å²) in [5.74, 6) is 0.114. The Morgan fingerprint density at radius 1 is 1.29 bits per heavy atom. The van der Waals surface area contributed by atoms with Crippen molar-refractivity contribution < 1.29 is 9.53 Å². The van der Waals surface area contributed by atoms with Gasteiger partial charge in [0.15, 0.2) is 0 Å². The number of amides is 1. The molecule has 1 fully saturated rings. The average molecular weight is 355 g/mol. The molecular formula is C19H31ClN2O2. The molecule has 1 saturated carbocycles. The summed E-state index contributed by atoms with van der Waals surface area (Å²) in [6.07, 6.45) is 2.12. The van der Waals surface area contributed by atoms with Gasteiger partial charge in [0.25, 0.3) is 5.91 Å². The van der Waals surface area contributed by atoms with Gasteiger partial charge in [-0.25, -0.2) is 0 Å². The van der Waals surface area contributed by atoms with Crippen LogP contribution in [0.5, 0.6) is 0 Å². The summed E-state index contributed by atoms with van der Waals surface area (Å²) < 4.78 is 5.82. The summed E-state index contributed by atoms with van der Waals surface area (Å²) in [6, 6.07) is 7.89. The van der Waals surface area contributed by atoms with Gasteiger partial charge in [0.05, 0.1) is 6.10 Å². The Hall–Kier alpha value is -1.10. The number of carbonyl (C=O) groups excluding carboxylic acids is 1.